The van der Waals surface area contributed by atoms with E-state index in [-0.39, 0.29) is 22.5 Å². The van der Waals surface area contributed by atoms with Gasteiger partial charge >= 0.3 is 0 Å². The van der Waals surface area contributed by atoms with Crippen molar-refractivity contribution in [2.24, 2.45) is 0 Å². The minimum absolute atomic E-state index is 0.0339. The predicted octanol–water partition coefficient (Wildman–Crippen LogP) is 2.39. The Kier molecular flexibility index (Phi) is 4.83. The number of benzene rings is 1. The number of nitrogens with zero attached hydrogens (tertiary/aromatic N) is 1. The van der Waals surface area contributed by atoms with Gasteiger partial charge in [0.2, 0.25) is 0 Å². The molecule has 1 aromatic carbocycles. The minimum atomic E-state index is -0.382. The Morgan fingerprint density at radius 1 is 1.23 bits per heavy atom. The van der Waals surface area contributed by atoms with Gasteiger partial charge in [-0.1, -0.05) is 35.9 Å². The first-order chi connectivity index (χ1) is 12.6. The van der Waals surface area contributed by atoms with Gasteiger partial charge in [0.1, 0.15) is 5.02 Å². The summed E-state index contributed by atoms with van der Waals surface area (Å²) < 4.78 is 0. The highest BCUT2D eigenvalue weighted by molar-refractivity contribution is 6.30. The number of nitrogens with one attached hydrogen (secondary N) is 2. The van der Waals surface area contributed by atoms with E-state index >= 15 is 0 Å². The summed E-state index contributed by atoms with van der Waals surface area (Å²) in [5.41, 5.74) is 2.91. The molecular formula is C20H22ClN3O2. The van der Waals surface area contributed by atoms with Gasteiger partial charge in [0.05, 0.1) is 5.56 Å². The summed E-state index contributed by atoms with van der Waals surface area (Å²) in [6.45, 7) is 1.94. The molecule has 2 heterocycles. The van der Waals surface area contributed by atoms with Gasteiger partial charge in [-0.15, -0.1) is 0 Å². The van der Waals surface area contributed by atoms with E-state index in [9.17, 15) is 9.59 Å². The van der Waals surface area contributed by atoms with Crippen molar-refractivity contribution in [3.63, 3.8) is 0 Å². The Morgan fingerprint density at radius 3 is 2.65 bits per heavy atom. The highest BCUT2D eigenvalue weighted by atomic mass is 35.5. The van der Waals surface area contributed by atoms with Crippen LogP contribution in [0, 0.1) is 0 Å². The number of halogens is 1. The number of hydrogen-bond acceptors (Lipinski definition) is 3. The maximum atomic E-state index is 12.5. The number of aromatic amines is 1. The first-order valence-electron chi connectivity index (χ1n) is 9.10. The summed E-state index contributed by atoms with van der Waals surface area (Å²) in [7, 11) is 0. The second-order valence-electron chi connectivity index (χ2n) is 7.20. The summed E-state index contributed by atoms with van der Waals surface area (Å²) in [5, 5.41) is 3.13. The second-order valence-corrected chi connectivity index (χ2v) is 7.61. The number of likely N-dealkylation sites (tertiary alicyclic amines) is 1. The molecule has 4 rings (SSSR count). The molecule has 0 radical (unpaired) electrons. The number of H-pyrrole nitrogens is 1. The third-order valence-corrected chi connectivity index (χ3v) is 5.73. The van der Waals surface area contributed by atoms with Crippen molar-refractivity contribution in [1.29, 1.82) is 0 Å². The average Bonchev–Trinajstić information content (AvgIpc) is 3.08. The lowest BCUT2D eigenvalue weighted by Gasteiger charge is -2.37. The van der Waals surface area contributed by atoms with Gasteiger partial charge in [0, 0.05) is 24.8 Å². The lowest BCUT2D eigenvalue weighted by molar-refractivity contribution is 0.0876. The molecule has 2 aromatic rings. The number of carbonyl (C=O) groups excluding carboxylic acids is 1. The number of rotatable bonds is 3. The van der Waals surface area contributed by atoms with Crippen LogP contribution >= 0.6 is 11.6 Å². The number of amides is 1. The summed E-state index contributed by atoms with van der Waals surface area (Å²) in [6.07, 6.45) is 5.64. The minimum Gasteiger partial charge on any atom is -0.348 e. The predicted molar refractivity (Wildman–Crippen MR) is 102 cm³/mol. The highest BCUT2D eigenvalue weighted by Crippen LogP contribution is 2.27. The van der Waals surface area contributed by atoms with Gasteiger partial charge in [-0.2, -0.15) is 0 Å². The van der Waals surface area contributed by atoms with Gasteiger partial charge in [0.25, 0.3) is 11.5 Å². The van der Waals surface area contributed by atoms with E-state index < -0.39 is 0 Å². The molecular weight excluding hydrogens is 350 g/mol. The van der Waals surface area contributed by atoms with Crippen LogP contribution in [0.15, 0.2) is 41.3 Å². The standard InChI is InChI=1S/C20H22ClN3O2/c21-18-10-15(11-22-20(18)26)19(25)23-16-6-3-7-24(12-16)17-8-13-4-1-2-5-14(13)9-17/h1-2,4-5,10-11,16-17H,3,6-9,12H2,(H,22,26)(H,23,25). The lowest BCUT2D eigenvalue weighted by atomic mass is 10.0. The smallest absolute Gasteiger partial charge is 0.266 e. The fourth-order valence-electron chi connectivity index (χ4n) is 4.11. The van der Waals surface area contributed by atoms with E-state index in [4.69, 9.17) is 11.6 Å². The van der Waals surface area contributed by atoms with Crippen molar-refractivity contribution >= 4 is 17.5 Å². The first kappa shape index (κ1) is 17.3. The Hall–Kier alpha value is -2.11. The normalized spacial score (nSPS) is 20.7. The molecule has 2 N–H and O–H groups in total. The van der Waals surface area contributed by atoms with Crippen LogP contribution in [0.2, 0.25) is 5.02 Å². The molecule has 1 unspecified atom stereocenters. The Labute approximate surface area is 157 Å². The number of carbonyl (C=O) groups is 1. The van der Waals surface area contributed by atoms with Gasteiger partial charge in [-0.3, -0.25) is 14.5 Å². The largest absolute Gasteiger partial charge is 0.348 e. The molecule has 0 bridgehead atoms. The molecule has 0 spiro atoms. The molecule has 1 amide bonds. The number of pyridine rings is 1. The molecule has 6 heteroatoms. The quantitative estimate of drug-likeness (QED) is 0.870. The number of fused-ring (bicyclic) bond motifs is 1. The van der Waals surface area contributed by atoms with Crippen LogP contribution < -0.4 is 10.9 Å². The highest BCUT2D eigenvalue weighted by Gasteiger charge is 2.31. The fraction of sp³-hybridized carbons (Fsp3) is 0.400. The van der Waals surface area contributed by atoms with E-state index in [2.05, 4.69) is 39.5 Å². The molecule has 26 heavy (non-hydrogen) atoms. The van der Waals surface area contributed by atoms with Crippen LogP contribution in [0.1, 0.15) is 34.3 Å². The fourth-order valence-corrected chi connectivity index (χ4v) is 4.28. The molecule has 2 aliphatic rings. The van der Waals surface area contributed by atoms with Gasteiger partial charge in [-0.05, 0) is 49.4 Å². The van der Waals surface area contributed by atoms with Crippen LogP contribution in [0.25, 0.3) is 0 Å². The first-order valence-corrected chi connectivity index (χ1v) is 9.48. The Balaban J connectivity index is 1.39. The van der Waals surface area contributed by atoms with Crippen molar-refractivity contribution in [2.75, 3.05) is 13.1 Å². The molecule has 1 saturated heterocycles. The SMILES string of the molecule is O=C(NC1CCCN(C2Cc3ccccc3C2)C1)c1c[nH]c(=O)c(Cl)c1. The van der Waals surface area contributed by atoms with Crippen LogP contribution in [0.3, 0.4) is 0 Å². The van der Waals surface area contributed by atoms with Gasteiger partial charge in [-0.25, -0.2) is 0 Å². The van der Waals surface area contributed by atoms with E-state index in [1.807, 2.05) is 0 Å². The zero-order valence-corrected chi connectivity index (χ0v) is 15.3. The molecule has 5 nitrogen and oxygen atoms in total. The summed E-state index contributed by atoms with van der Waals surface area (Å²) >= 11 is 5.82. The van der Waals surface area contributed by atoms with Crippen molar-refractivity contribution < 1.29 is 4.79 Å². The Bertz CT molecular complexity index is 854. The van der Waals surface area contributed by atoms with Crippen molar-refractivity contribution in [1.82, 2.24) is 15.2 Å². The molecule has 1 atom stereocenters. The number of hydrogen-bond donors (Lipinski definition) is 2. The average molecular weight is 372 g/mol. The third-order valence-electron chi connectivity index (χ3n) is 5.45. The topological polar surface area (TPSA) is 65.2 Å². The lowest BCUT2D eigenvalue weighted by Crippen LogP contribution is -2.51. The molecule has 136 valence electrons. The molecule has 1 aliphatic heterocycles. The van der Waals surface area contributed by atoms with E-state index in [0.717, 1.165) is 38.8 Å². The summed E-state index contributed by atoms with van der Waals surface area (Å²) in [4.78, 5) is 28.8. The van der Waals surface area contributed by atoms with Gasteiger partial charge < -0.3 is 10.3 Å². The summed E-state index contributed by atoms with van der Waals surface area (Å²) in [5.74, 6) is -0.190. The maximum absolute atomic E-state index is 12.5. The summed E-state index contributed by atoms with van der Waals surface area (Å²) in [6, 6.07) is 10.7. The molecule has 1 fully saturated rings. The van der Waals surface area contributed by atoms with Crippen molar-refractivity contribution in [3.8, 4) is 0 Å². The van der Waals surface area contributed by atoms with E-state index in [0.29, 0.717) is 11.6 Å². The van der Waals surface area contributed by atoms with Gasteiger partial charge in [0.15, 0.2) is 0 Å². The zero-order chi connectivity index (χ0) is 18.1. The van der Waals surface area contributed by atoms with Crippen molar-refractivity contribution in [3.05, 3.63) is 68.6 Å². The van der Waals surface area contributed by atoms with Crippen LogP contribution in [-0.4, -0.2) is 41.0 Å². The third kappa shape index (κ3) is 3.55. The molecule has 0 saturated carbocycles. The van der Waals surface area contributed by atoms with Crippen LogP contribution in [0.4, 0.5) is 0 Å². The second kappa shape index (κ2) is 7.25. The Morgan fingerprint density at radius 2 is 1.96 bits per heavy atom. The van der Waals surface area contributed by atoms with Crippen molar-refractivity contribution in [2.45, 2.75) is 37.8 Å². The van der Waals surface area contributed by atoms with E-state index in [1.54, 1.807) is 0 Å². The molecule has 1 aliphatic carbocycles. The van der Waals surface area contributed by atoms with E-state index in [1.165, 1.54) is 23.4 Å². The van der Waals surface area contributed by atoms with Crippen LogP contribution in [-0.2, 0) is 12.8 Å². The number of piperidine rings is 1. The zero-order valence-electron chi connectivity index (χ0n) is 14.5. The molecule has 1 aromatic heterocycles. The maximum Gasteiger partial charge on any atom is 0.266 e. The monoisotopic (exact) mass is 371 g/mol. The van der Waals surface area contributed by atoms with Crippen LogP contribution in [0.5, 0.6) is 0 Å². The number of aromatic nitrogens is 1.